The largest absolute Gasteiger partial charge is 0.478 e. The molecule has 0 saturated carbocycles. The first kappa shape index (κ1) is 14.1. The molecule has 2 N–H and O–H groups in total. The summed E-state index contributed by atoms with van der Waals surface area (Å²) in [6, 6.07) is 2.98. The smallest absolute Gasteiger partial charge is 0.338 e. The van der Waals surface area contributed by atoms with Gasteiger partial charge in [0, 0.05) is 6.20 Å². The van der Waals surface area contributed by atoms with Crippen molar-refractivity contribution in [1.82, 2.24) is 0 Å². The molecule has 0 aliphatic carbocycles. The highest BCUT2D eigenvalue weighted by molar-refractivity contribution is 5.89. The minimum Gasteiger partial charge on any atom is -0.478 e. The van der Waals surface area contributed by atoms with Crippen molar-refractivity contribution in [2.45, 2.75) is 0 Å². The fourth-order valence-corrected chi connectivity index (χ4v) is 1.12. The van der Waals surface area contributed by atoms with Gasteiger partial charge in [-0.1, -0.05) is 0 Å². The van der Waals surface area contributed by atoms with Crippen LogP contribution in [0.15, 0.2) is 17.8 Å². The molecule has 0 saturated heterocycles. The van der Waals surface area contributed by atoms with Gasteiger partial charge in [0.15, 0.2) is 17.5 Å². The van der Waals surface area contributed by atoms with Crippen LogP contribution in [0.1, 0.15) is 10.4 Å². The number of nitriles is 2. The van der Waals surface area contributed by atoms with Gasteiger partial charge in [0.2, 0.25) is 0 Å². The van der Waals surface area contributed by atoms with Crippen LogP contribution in [0.25, 0.3) is 0 Å². The molecule has 0 aliphatic rings. The van der Waals surface area contributed by atoms with Gasteiger partial charge in [-0.2, -0.15) is 10.5 Å². The van der Waals surface area contributed by atoms with Crippen molar-refractivity contribution < 1.29 is 23.1 Å². The molecule has 1 rings (SSSR count). The lowest BCUT2D eigenvalue weighted by atomic mass is 10.1. The van der Waals surface area contributed by atoms with Gasteiger partial charge < -0.3 is 10.4 Å². The van der Waals surface area contributed by atoms with Crippen LogP contribution in [-0.4, -0.2) is 11.1 Å². The molecule has 1 aromatic carbocycles. The summed E-state index contributed by atoms with van der Waals surface area (Å²) in [6.07, 6.45) is 0.632. The third-order valence-corrected chi connectivity index (χ3v) is 1.99. The standard InChI is InChI=1S/C11H4F3N3O2/c12-7-1-6(11(18)19)8(13)10(9(7)14)17-4-5(2-15)3-16/h1,4,17H,(H,18,19). The maximum absolute atomic E-state index is 13.6. The van der Waals surface area contributed by atoms with Crippen LogP contribution in [0.2, 0.25) is 0 Å². The number of benzene rings is 1. The molecule has 5 nitrogen and oxygen atoms in total. The van der Waals surface area contributed by atoms with Gasteiger partial charge in [-0.25, -0.2) is 18.0 Å². The molecule has 1 aromatic rings. The number of halogens is 3. The Morgan fingerprint density at radius 2 is 1.84 bits per heavy atom. The average Bonchev–Trinajstić information content (AvgIpc) is 2.38. The number of nitrogens with one attached hydrogen (secondary N) is 1. The predicted octanol–water partition coefficient (Wildman–Crippen LogP) is 2.15. The van der Waals surface area contributed by atoms with E-state index in [0.717, 1.165) is 0 Å². The quantitative estimate of drug-likeness (QED) is 0.646. The van der Waals surface area contributed by atoms with Crippen LogP contribution >= 0.6 is 0 Å². The zero-order valence-corrected chi connectivity index (χ0v) is 9.04. The number of carboxylic acid groups (broad SMARTS) is 1. The van der Waals surface area contributed by atoms with Crippen molar-refractivity contribution in [3.8, 4) is 12.1 Å². The highest BCUT2D eigenvalue weighted by Crippen LogP contribution is 2.25. The van der Waals surface area contributed by atoms with E-state index in [2.05, 4.69) is 0 Å². The molecule has 0 amide bonds. The molecule has 0 spiro atoms. The molecular weight excluding hydrogens is 263 g/mol. The van der Waals surface area contributed by atoms with Crippen molar-refractivity contribution in [2.75, 3.05) is 5.32 Å². The summed E-state index contributed by atoms with van der Waals surface area (Å²) in [6.45, 7) is 0. The summed E-state index contributed by atoms with van der Waals surface area (Å²) in [5.41, 5.74) is -2.70. The van der Waals surface area contributed by atoms with E-state index >= 15 is 0 Å². The van der Waals surface area contributed by atoms with E-state index in [4.69, 9.17) is 15.6 Å². The summed E-state index contributed by atoms with van der Waals surface area (Å²) >= 11 is 0. The number of carboxylic acids is 1. The molecule has 0 atom stereocenters. The lowest BCUT2D eigenvalue weighted by Gasteiger charge is -2.07. The van der Waals surface area contributed by atoms with E-state index in [1.54, 1.807) is 0 Å². The van der Waals surface area contributed by atoms with Crippen LogP contribution < -0.4 is 5.32 Å². The first-order chi connectivity index (χ1) is 8.92. The maximum Gasteiger partial charge on any atom is 0.338 e. The van der Waals surface area contributed by atoms with Gasteiger partial charge in [-0.3, -0.25) is 0 Å². The Kier molecular flexibility index (Phi) is 4.11. The van der Waals surface area contributed by atoms with Gasteiger partial charge in [0.05, 0.1) is 0 Å². The number of nitrogens with zero attached hydrogens (tertiary/aromatic N) is 2. The zero-order valence-electron chi connectivity index (χ0n) is 9.04. The molecule has 0 aromatic heterocycles. The molecule has 0 unspecified atom stereocenters. The third-order valence-electron chi connectivity index (χ3n) is 1.99. The third kappa shape index (κ3) is 2.82. The summed E-state index contributed by atoms with van der Waals surface area (Å²) in [7, 11) is 0. The van der Waals surface area contributed by atoms with E-state index in [1.165, 1.54) is 12.1 Å². The normalized spacial score (nSPS) is 9.11. The fourth-order valence-electron chi connectivity index (χ4n) is 1.12. The molecule has 19 heavy (non-hydrogen) atoms. The van der Waals surface area contributed by atoms with Crippen molar-refractivity contribution >= 4 is 11.7 Å². The Balaban J connectivity index is 3.36. The van der Waals surface area contributed by atoms with Crippen LogP contribution in [0.4, 0.5) is 18.9 Å². The Morgan fingerprint density at radius 3 is 2.32 bits per heavy atom. The van der Waals surface area contributed by atoms with E-state index in [9.17, 15) is 18.0 Å². The van der Waals surface area contributed by atoms with E-state index in [0.29, 0.717) is 6.20 Å². The number of hydrogen-bond donors (Lipinski definition) is 2. The van der Waals surface area contributed by atoms with Crippen molar-refractivity contribution in [1.29, 1.82) is 10.5 Å². The number of anilines is 1. The Bertz CT molecular complexity index is 641. The SMILES string of the molecule is N#CC(C#N)=CNc1c(F)c(F)cc(C(=O)O)c1F. The Morgan fingerprint density at radius 1 is 1.26 bits per heavy atom. The predicted molar refractivity (Wildman–Crippen MR) is 56.2 cm³/mol. The molecule has 0 radical (unpaired) electrons. The second-order valence-electron chi connectivity index (χ2n) is 3.14. The van der Waals surface area contributed by atoms with Gasteiger partial charge in [-0.15, -0.1) is 0 Å². The lowest BCUT2D eigenvalue weighted by Crippen LogP contribution is -2.08. The minimum atomic E-state index is -1.79. The van der Waals surface area contributed by atoms with Crippen LogP contribution in [0, 0.1) is 40.1 Å². The van der Waals surface area contributed by atoms with Gasteiger partial charge in [0.1, 0.15) is 29.0 Å². The molecule has 0 fully saturated rings. The summed E-state index contributed by atoms with van der Waals surface area (Å²) < 4.78 is 39.9. The monoisotopic (exact) mass is 267 g/mol. The fraction of sp³-hybridized carbons (Fsp3) is 0. The van der Waals surface area contributed by atoms with Crippen molar-refractivity contribution in [2.24, 2.45) is 0 Å². The number of hydrogen-bond acceptors (Lipinski definition) is 4. The highest BCUT2D eigenvalue weighted by Gasteiger charge is 2.22. The first-order valence-electron chi connectivity index (χ1n) is 4.60. The molecule has 96 valence electrons. The minimum absolute atomic E-state index is 0.192. The summed E-state index contributed by atoms with van der Waals surface area (Å²) in [4.78, 5) is 10.6. The van der Waals surface area contributed by atoms with Crippen LogP contribution in [0.5, 0.6) is 0 Å². The highest BCUT2D eigenvalue weighted by atomic mass is 19.2. The molecule has 0 aliphatic heterocycles. The molecule has 0 heterocycles. The van der Waals surface area contributed by atoms with Crippen molar-refractivity contribution in [3.63, 3.8) is 0 Å². The Labute approximate surface area is 104 Å². The topological polar surface area (TPSA) is 96.9 Å². The summed E-state index contributed by atoms with van der Waals surface area (Å²) in [5, 5.41) is 27.3. The molecule has 8 heteroatoms. The van der Waals surface area contributed by atoms with E-state index in [1.807, 2.05) is 5.32 Å². The second kappa shape index (κ2) is 5.56. The summed E-state index contributed by atoms with van der Waals surface area (Å²) in [5.74, 6) is -6.57. The Hall–Kier alpha value is -3.00. The van der Waals surface area contributed by atoms with E-state index < -0.39 is 40.2 Å². The average molecular weight is 267 g/mol. The number of rotatable bonds is 3. The number of carbonyl (C=O) groups is 1. The maximum atomic E-state index is 13.6. The second-order valence-corrected chi connectivity index (χ2v) is 3.14. The lowest BCUT2D eigenvalue weighted by molar-refractivity contribution is 0.0691. The first-order valence-corrected chi connectivity index (χ1v) is 4.60. The molecule has 0 bridgehead atoms. The van der Waals surface area contributed by atoms with Gasteiger partial charge in [0.25, 0.3) is 0 Å². The molecular formula is C11H4F3N3O2. The van der Waals surface area contributed by atoms with Gasteiger partial charge >= 0.3 is 5.97 Å². The van der Waals surface area contributed by atoms with Crippen molar-refractivity contribution in [3.05, 3.63) is 40.9 Å². The zero-order chi connectivity index (χ0) is 14.6. The number of aromatic carboxylic acids is 1. The number of allylic oxidation sites excluding steroid dienone is 1. The van der Waals surface area contributed by atoms with Crippen LogP contribution in [0.3, 0.4) is 0 Å². The van der Waals surface area contributed by atoms with Crippen LogP contribution in [-0.2, 0) is 0 Å². The van der Waals surface area contributed by atoms with E-state index in [-0.39, 0.29) is 6.07 Å². The van der Waals surface area contributed by atoms with Gasteiger partial charge in [-0.05, 0) is 6.07 Å².